The maximum atomic E-state index is 13.1. The van der Waals surface area contributed by atoms with Crippen LogP contribution in [0.5, 0.6) is 6.01 Å². The first-order valence-electron chi connectivity index (χ1n) is 8.71. The number of hydrogen-bond acceptors (Lipinski definition) is 5. The van der Waals surface area contributed by atoms with E-state index < -0.39 is 0 Å². The molecule has 3 aromatic rings. The van der Waals surface area contributed by atoms with Crippen molar-refractivity contribution in [2.45, 2.75) is 13.3 Å². The van der Waals surface area contributed by atoms with E-state index in [2.05, 4.69) is 17.0 Å². The molecule has 0 bridgehead atoms. The molecule has 8 heteroatoms. The molecule has 0 radical (unpaired) electrons. The molecule has 0 amide bonds. The van der Waals surface area contributed by atoms with Crippen LogP contribution in [0.3, 0.4) is 0 Å². The molecule has 0 saturated heterocycles. The molecule has 1 heterocycles. The molecule has 0 unspecified atom stereocenters. The minimum atomic E-state index is -0.335. The predicted molar refractivity (Wildman–Crippen MR) is 108 cm³/mol. The van der Waals surface area contributed by atoms with Crippen molar-refractivity contribution in [1.82, 2.24) is 14.8 Å². The highest BCUT2D eigenvalue weighted by Gasteiger charge is 2.21. The number of hydrogen-bond donors (Lipinski definition) is 0. The van der Waals surface area contributed by atoms with E-state index in [9.17, 15) is 4.79 Å². The molecule has 0 saturated carbocycles. The van der Waals surface area contributed by atoms with Gasteiger partial charge in [0.2, 0.25) is 0 Å². The van der Waals surface area contributed by atoms with Gasteiger partial charge in [0.15, 0.2) is 5.82 Å². The van der Waals surface area contributed by atoms with E-state index in [-0.39, 0.29) is 24.3 Å². The maximum absolute atomic E-state index is 13.1. The van der Waals surface area contributed by atoms with Crippen molar-refractivity contribution in [1.29, 1.82) is 0 Å². The van der Waals surface area contributed by atoms with Gasteiger partial charge >= 0.3 is 6.01 Å². The fraction of sp³-hybridized carbons (Fsp3) is 0.250. The highest BCUT2D eigenvalue weighted by Crippen LogP contribution is 2.30. The van der Waals surface area contributed by atoms with Gasteiger partial charge in [-0.2, -0.15) is 9.67 Å². The first-order chi connectivity index (χ1) is 13.5. The van der Waals surface area contributed by atoms with Crippen molar-refractivity contribution in [2.24, 2.45) is 0 Å². The summed E-state index contributed by atoms with van der Waals surface area (Å²) in [6.45, 7) is 2.68. The van der Waals surface area contributed by atoms with Gasteiger partial charge in [0.25, 0.3) is 5.91 Å². The second-order valence-electron chi connectivity index (χ2n) is 5.95. The molecule has 0 aliphatic heterocycles. The van der Waals surface area contributed by atoms with Crippen molar-refractivity contribution in [3.05, 3.63) is 63.6 Å². The number of carbonyl (C=O) groups excluding carboxylic acids is 1. The molecule has 0 spiro atoms. The monoisotopic (exact) mass is 419 g/mol. The molecule has 1 aromatic heterocycles. The summed E-state index contributed by atoms with van der Waals surface area (Å²) in [5, 5.41) is 5.07. The van der Waals surface area contributed by atoms with E-state index in [1.807, 2.05) is 12.1 Å². The molecule has 0 aliphatic rings. The summed E-state index contributed by atoms with van der Waals surface area (Å²) in [4.78, 5) is 17.4. The van der Waals surface area contributed by atoms with Crippen LogP contribution in [0.2, 0.25) is 10.0 Å². The average Bonchev–Trinajstić information content (AvgIpc) is 3.11. The maximum Gasteiger partial charge on any atom is 0.336 e. The molecular formula is C20H19Cl2N3O3. The normalized spacial score (nSPS) is 10.9. The third-order valence-corrected chi connectivity index (χ3v) is 4.63. The Balaban J connectivity index is 2.02. The van der Waals surface area contributed by atoms with Crippen molar-refractivity contribution in [3.8, 4) is 17.4 Å². The van der Waals surface area contributed by atoms with Crippen LogP contribution >= 0.6 is 23.2 Å². The Morgan fingerprint density at radius 1 is 1.11 bits per heavy atom. The summed E-state index contributed by atoms with van der Waals surface area (Å²) in [6.07, 6.45) is 0.890. The quantitative estimate of drug-likeness (QED) is 0.526. The zero-order valence-electron chi connectivity index (χ0n) is 15.5. The lowest BCUT2D eigenvalue weighted by molar-refractivity contribution is 0.0943. The van der Waals surface area contributed by atoms with Gasteiger partial charge in [-0.1, -0.05) is 42.3 Å². The van der Waals surface area contributed by atoms with Gasteiger partial charge < -0.3 is 9.47 Å². The van der Waals surface area contributed by atoms with E-state index in [4.69, 9.17) is 32.7 Å². The molecule has 28 heavy (non-hydrogen) atoms. The van der Waals surface area contributed by atoms with Gasteiger partial charge in [-0.25, -0.2) is 0 Å². The Hall–Kier alpha value is -2.41. The third kappa shape index (κ3) is 4.52. The lowest BCUT2D eigenvalue weighted by atomic mass is 10.1. The third-order valence-electron chi connectivity index (χ3n) is 4.08. The number of aryl methyl sites for hydroxylation is 1. The first-order valence-corrected chi connectivity index (χ1v) is 9.47. The molecular weight excluding hydrogens is 401 g/mol. The van der Waals surface area contributed by atoms with Crippen LogP contribution in [0, 0.1) is 0 Å². The molecule has 3 rings (SSSR count). The summed E-state index contributed by atoms with van der Waals surface area (Å²) >= 11 is 12.3. The van der Waals surface area contributed by atoms with Crippen LogP contribution in [-0.2, 0) is 11.2 Å². The summed E-state index contributed by atoms with van der Waals surface area (Å²) < 4.78 is 11.6. The summed E-state index contributed by atoms with van der Waals surface area (Å²) in [6, 6.07) is 12.4. The summed E-state index contributed by atoms with van der Waals surface area (Å²) in [7, 11) is 1.57. The zero-order chi connectivity index (χ0) is 20.1. The van der Waals surface area contributed by atoms with Gasteiger partial charge in [-0.3, -0.25) is 4.79 Å². The summed E-state index contributed by atoms with van der Waals surface area (Å²) in [5.41, 5.74) is 2.15. The molecule has 0 fully saturated rings. The number of methoxy groups -OCH3 is 1. The van der Waals surface area contributed by atoms with Crippen LogP contribution in [0.1, 0.15) is 22.8 Å². The highest BCUT2D eigenvalue weighted by atomic mass is 35.5. The zero-order valence-corrected chi connectivity index (χ0v) is 17.0. The number of nitrogens with zero attached hydrogens (tertiary/aromatic N) is 3. The van der Waals surface area contributed by atoms with Crippen molar-refractivity contribution < 1.29 is 14.3 Å². The second-order valence-corrected chi connectivity index (χ2v) is 6.79. The molecule has 0 N–H and O–H groups in total. The van der Waals surface area contributed by atoms with Crippen LogP contribution in [0.4, 0.5) is 0 Å². The first kappa shape index (κ1) is 20.3. The minimum Gasteiger partial charge on any atom is -0.460 e. The number of carbonyl (C=O) groups is 1. The van der Waals surface area contributed by atoms with Crippen LogP contribution in [-0.4, -0.2) is 41.0 Å². The van der Waals surface area contributed by atoms with Gasteiger partial charge in [-0.05, 0) is 42.3 Å². The lowest BCUT2D eigenvalue weighted by Gasteiger charge is -2.07. The highest BCUT2D eigenvalue weighted by molar-refractivity contribution is 6.36. The fourth-order valence-electron chi connectivity index (χ4n) is 2.56. The Morgan fingerprint density at radius 2 is 1.86 bits per heavy atom. The van der Waals surface area contributed by atoms with E-state index in [1.165, 1.54) is 4.68 Å². The van der Waals surface area contributed by atoms with Crippen LogP contribution in [0.15, 0.2) is 42.5 Å². The Morgan fingerprint density at radius 3 is 2.50 bits per heavy atom. The largest absolute Gasteiger partial charge is 0.460 e. The van der Waals surface area contributed by atoms with E-state index >= 15 is 0 Å². The van der Waals surface area contributed by atoms with Crippen molar-refractivity contribution in [3.63, 3.8) is 0 Å². The number of aromatic nitrogens is 3. The number of ether oxygens (including phenoxy) is 2. The average molecular weight is 420 g/mol. The second kappa shape index (κ2) is 9.19. The fourth-order valence-corrected chi connectivity index (χ4v) is 3.06. The minimum absolute atomic E-state index is 0.0663. The van der Waals surface area contributed by atoms with E-state index in [0.29, 0.717) is 27.8 Å². The van der Waals surface area contributed by atoms with Gasteiger partial charge in [0, 0.05) is 23.3 Å². The van der Waals surface area contributed by atoms with Gasteiger partial charge in [0.1, 0.15) is 6.61 Å². The van der Waals surface area contributed by atoms with Crippen molar-refractivity contribution in [2.75, 3.05) is 20.3 Å². The Kier molecular flexibility index (Phi) is 6.67. The van der Waals surface area contributed by atoms with Crippen molar-refractivity contribution >= 4 is 29.1 Å². The predicted octanol–water partition coefficient (Wildman–Crippen LogP) is 4.53. The van der Waals surface area contributed by atoms with Crippen LogP contribution < -0.4 is 4.74 Å². The topological polar surface area (TPSA) is 66.2 Å². The SMILES string of the molecule is CCc1ccc(C(=O)n2nc(OCCOC)nc2-c2ccc(Cl)cc2Cl)cc1. The molecule has 2 aromatic carbocycles. The van der Waals surface area contributed by atoms with E-state index in [0.717, 1.165) is 12.0 Å². The van der Waals surface area contributed by atoms with Gasteiger partial charge in [-0.15, -0.1) is 5.10 Å². The lowest BCUT2D eigenvalue weighted by Crippen LogP contribution is -2.15. The van der Waals surface area contributed by atoms with Gasteiger partial charge in [0.05, 0.1) is 11.6 Å². The Bertz CT molecular complexity index is 971. The molecule has 0 aliphatic carbocycles. The molecule has 146 valence electrons. The number of benzene rings is 2. The smallest absolute Gasteiger partial charge is 0.336 e. The number of rotatable bonds is 7. The summed E-state index contributed by atoms with van der Waals surface area (Å²) in [5.74, 6) is -0.0589. The number of halogens is 2. The van der Waals surface area contributed by atoms with Crippen LogP contribution in [0.25, 0.3) is 11.4 Å². The van der Waals surface area contributed by atoms with E-state index in [1.54, 1.807) is 37.4 Å². The molecule has 0 atom stereocenters. The molecule has 6 nitrogen and oxygen atoms in total. The standard InChI is InChI=1S/C20H19Cl2N3O3/c1-3-13-4-6-14(7-5-13)19(26)25-18(16-9-8-15(21)12-17(16)22)23-20(24-25)28-11-10-27-2/h4-9,12H,3,10-11H2,1-2H3. The Labute approximate surface area is 173 Å².